The minimum atomic E-state index is 1.11. The fourth-order valence-corrected chi connectivity index (χ4v) is 9.17. The molecule has 282 valence electrons. The molecule has 0 aliphatic heterocycles. The minimum Gasteiger partial charge on any atom is -0.309 e. The number of fused-ring (bicyclic) bond motifs is 7. The van der Waals surface area contributed by atoms with Crippen LogP contribution in [0.3, 0.4) is 0 Å². The normalized spacial score (nSPS) is 11.7. The van der Waals surface area contributed by atoms with Crippen LogP contribution in [0.4, 0.5) is 0 Å². The topological polar surface area (TPSA) is 9.86 Å². The van der Waals surface area contributed by atoms with Gasteiger partial charge in [0.25, 0.3) is 0 Å². The van der Waals surface area contributed by atoms with E-state index in [1.54, 1.807) is 0 Å². The van der Waals surface area contributed by atoms with Crippen molar-refractivity contribution in [3.8, 4) is 44.8 Å². The van der Waals surface area contributed by atoms with Crippen LogP contribution >= 0.6 is 0 Å². The van der Waals surface area contributed by atoms with Crippen molar-refractivity contribution in [3.63, 3.8) is 0 Å². The number of rotatable bonds is 11. The molecule has 10 rings (SSSR count). The molecule has 2 heterocycles. The maximum absolute atomic E-state index is 2.46. The lowest BCUT2D eigenvalue weighted by Crippen LogP contribution is -1.96. The number of aryl methyl sites for hydroxylation is 2. The van der Waals surface area contributed by atoms with Crippen LogP contribution < -0.4 is 0 Å². The first kappa shape index (κ1) is 35.8. The van der Waals surface area contributed by atoms with Gasteiger partial charge in [0.2, 0.25) is 0 Å². The second-order valence-electron chi connectivity index (χ2n) is 15.8. The van der Waals surface area contributed by atoms with E-state index in [0.717, 1.165) is 18.5 Å². The summed E-state index contributed by atoms with van der Waals surface area (Å²) in [7, 11) is 0. The lowest BCUT2D eigenvalue weighted by Gasteiger charge is -2.14. The van der Waals surface area contributed by atoms with Gasteiger partial charge < -0.3 is 9.13 Å². The third kappa shape index (κ3) is 6.30. The number of hydrogen-bond acceptors (Lipinski definition) is 0. The summed E-state index contributed by atoms with van der Waals surface area (Å²) >= 11 is 0. The van der Waals surface area contributed by atoms with Crippen molar-refractivity contribution in [2.45, 2.75) is 52.4 Å². The maximum atomic E-state index is 2.46. The second kappa shape index (κ2) is 15.4. The fraction of sp³-hybridized carbons (Fsp3) is 0.143. The van der Waals surface area contributed by atoms with Gasteiger partial charge in [0.15, 0.2) is 0 Å². The summed E-state index contributed by atoms with van der Waals surface area (Å²) in [6, 6.07) is 67.8. The first-order valence-corrected chi connectivity index (χ1v) is 21.1. The Morgan fingerprint density at radius 1 is 0.345 bits per heavy atom. The highest BCUT2D eigenvalue weighted by Gasteiger charge is 2.21. The van der Waals surface area contributed by atoms with Crippen LogP contribution in [0.2, 0.25) is 0 Å². The van der Waals surface area contributed by atoms with E-state index >= 15 is 0 Å². The number of aromatic nitrogens is 2. The Bertz CT molecular complexity index is 3050. The Morgan fingerprint density at radius 3 is 1.53 bits per heavy atom. The zero-order chi connectivity index (χ0) is 39.0. The van der Waals surface area contributed by atoms with E-state index in [2.05, 4.69) is 205 Å². The van der Waals surface area contributed by atoms with Gasteiger partial charge in [-0.3, -0.25) is 0 Å². The van der Waals surface area contributed by atoms with Crippen molar-refractivity contribution in [3.05, 3.63) is 193 Å². The van der Waals surface area contributed by atoms with Gasteiger partial charge in [-0.05, 0) is 119 Å². The summed E-state index contributed by atoms with van der Waals surface area (Å²) in [6.45, 7) is 4.52. The molecule has 10 aromatic rings. The average Bonchev–Trinajstić information content (AvgIpc) is 3.81. The Labute approximate surface area is 341 Å². The molecule has 0 unspecified atom stereocenters. The van der Waals surface area contributed by atoms with Crippen LogP contribution in [0.25, 0.3) is 88.4 Å². The standard InChI is InChI=1S/C56H48N2/c1-3-5-15-39-25-28-41(29-26-39)44-19-14-20-46(38-44)58-52-24-13-11-22-49(52)56-54(58)36-35-53-55(56)48-21-10-12-23-51(48)57(53)45-32-30-43(31-33-45)47-34-27-40(16-6-4-2)37-50(47)42-17-8-7-9-18-42/h7-14,17-38H,3-6,15-16H2,1-2H3. The average molecular weight is 749 g/mol. The molecular formula is C56H48N2. The summed E-state index contributed by atoms with van der Waals surface area (Å²) in [6.07, 6.45) is 7.09. The molecule has 0 amide bonds. The summed E-state index contributed by atoms with van der Waals surface area (Å²) < 4.78 is 4.92. The number of benzene rings is 8. The molecule has 0 fully saturated rings. The molecule has 2 aromatic heterocycles. The van der Waals surface area contributed by atoms with Crippen molar-refractivity contribution in [1.82, 2.24) is 9.13 Å². The summed E-state index contributed by atoms with van der Waals surface area (Å²) in [5, 5.41) is 5.12. The fourth-order valence-electron chi connectivity index (χ4n) is 9.17. The van der Waals surface area contributed by atoms with Crippen molar-refractivity contribution in [2.24, 2.45) is 0 Å². The molecule has 8 aromatic carbocycles. The van der Waals surface area contributed by atoms with Crippen LogP contribution in [0.5, 0.6) is 0 Å². The van der Waals surface area contributed by atoms with Crippen LogP contribution in [0.1, 0.15) is 50.7 Å². The molecule has 0 atom stereocenters. The molecule has 58 heavy (non-hydrogen) atoms. The highest BCUT2D eigenvalue weighted by molar-refractivity contribution is 6.28. The van der Waals surface area contributed by atoms with E-state index < -0.39 is 0 Å². The van der Waals surface area contributed by atoms with E-state index in [1.165, 1.54) is 119 Å². The van der Waals surface area contributed by atoms with Gasteiger partial charge in [-0.2, -0.15) is 0 Å². The van der Waals surface area contributed by atoms with Crippen LogP contribution in [-0.4, -0.2) is 9.13 Å². The number of hydrogen-bond donors (Lipinski definition) is 0. The van der Waals surface area contributed by atoms with E-state index in [1.807, 2.05) is 0 Å². The zero-order valence-electron chi connectivity index (χ0n) is 33.5. The molecular weight excluding hydrogens is 701 g/mol. The van der Waals surface area contributed by atoms with E-state index in [4.69, 9.17) is 0 Å². The van der Waals surface area contributed by atoms with Crippen LogP contribution in [-0.2, 0) is 12.8 Å². The van der Waals surface area contributed by atoms with E-state index in [9.17, 15) is 0 Å². The largest absolute Gasteiger partial charge is 0.309 e. The molecule has 0 N–H and O–H groups in total. The van der Waals surface area contributed by atoms with Crippen LogP contribution in [0, 0.1) is 0 Å². The van der Waals surface area contributed by atoms with Crippen LogP contribution in [0.15, 0.2) is 182 Å². The summed E-state index contributed by atoms with van der Waals surface area (Å²) in [4.78, 5) is 0. The van der Waals surface area contributed by atoms with Gasteiger partial charge in [-0.25, -0.2) is 0 Å². The lowest BCUT2D eigenvalue weighted by atomic mass is 9.91. The highest BCUT2D eigenvalue weighted by Crippen LogP contribution is 2.43. The predicted molar refractivity (Wildman–Crippen MR) is 249 cm³/mol. The van der Waals surface area contributed by atoms with Gasteiger partial charge >= 0.3 is 0 Å². The van der Waals surface area contributed by atoms with E-state index in [0.29, 0.717) is 0 Å². The molecule has 2 heteroatoms. The number of para-hydroxylation sites is 2. The molecule has 0 saturated carbocycles. The molecule has 0 aliphatic carbocycles. The number of nitrogens with zero attached hydrogens (tertiary/aromatic N) is 2. The third-order valence-electron chi connectivity index (χ3n) is 12.1. The number of unbranched alkanes of at least 4 members (excludes halogenated alkanes) is 2. The molecule has 0 saturated heterocycles. The summed E-state index contributed by atoms with van der Waals surface area (Å²) in [5.74, 6) is 0. The molecule has 0 bridgehead atoms. The van der Waals surface area contributed by atoms with Crippen molar-refractivity contribution in [2.75, 3.05) is 0 Å². The van der Waals surface area contributed by atoms with Gasteiger partial charge in [-0.15, -0.1) is 0 Å². The zero-order valence-corrected chi connectivity index (χ0v) is 33.5. The minimum absolute atomic E-state index is 1.11. The monoisotopic (exact) mass is 748 g/mol. The second-order valence-corrected chi connectivity index (χ2v) is 15.8. The van der Waals surface area contributed by atoms with Crippen molar-refractivity contribution < 1.29 is 0 Å². The Kier molecular flexibility index (Phi) is 9.47. The summed E-state index contributed by atoms with van der Waals surface area (Å²) in [5.41, 5.74) is 17.5. The highest BCUT2D eigenvalue weighted by atomic mass is 15.0. The molecule has 2 nitrogen and oxygen atoms in total. The maximum Gasteiger partial charge on any atom is 0.0548 e. The van der Waals surface area contributed by atoms with Gasteiger partial charge in [0, 0.05) is 32.9 Å². The quantitative estimate of drug-likeness (QED) is 0.125. The third-order valence-corrected chi connectivity index (χ3v) is 12.1. The molecule has 0 spiro atoms. The van der Waals surface area contributed by atoms with Gasteiger partial charge in [-0.1, -0.05) is 160 Å². The predicted octanol–water partition coefficient (Wildman–Crippen LogP) is 15.6. The SMILES string of the molecule is CCCCc1ccc(-c2cccc(-n3c4ccccc4c4c5c6ccccc6n(-c6ccc(-c7ccc(CCCC)cc7-c7ccccc7)cc6)c5ccc43)c2)cc1. The van der Waals surface area contributed by atoms with Gasteiger partial charge in [0.1, 0.15) is 0 Å². The Morgan fingerprint density at radius 2 is 0.879 bits per heavy atom. The molecule has 0 radical (unpaired) electrons. The first-order chi connectivity index (χ1) is 28.7. The van der Waals surface area contributed by atoms with Crippen molar-refractivity contribution >= 4 is 43.6 Å². The lowest BCUT2D eigenvalue weighted by molar-refractivity contribution is 0.795. The smallest absolute Gasteiger partial charge is 0.0548 e. The van der Waals surface area contributed by atoms with E-state index in [-0.39, 0.29) is 0 Å². The Balaban J connectivity index is 1.11. The van der Waals surface area contributed by atoms with Gasteiger partial charge in [0.05, 0.1) is 22.1 Å². The Hall–Kier alpha value is -6.64. The first-order valence-electron chi connectivity index (χ1n) is 21.1. The molecule has 0 aliphatic rings. The van der Waals surface area contributed by atoms with Crippen molar-refractivity contribution in [1.29, 1.82) is 0 Å².